The number of halogens is 2. The van der Waals surface area contributed by atoms with Crippen LogP contribution in [0.3, 0.4) is 0 Å². The lowest BCUT2D eigenvalue weighted by atomic mass is 10.3. The van der Waals surface area contributed by atoms with E-state index in [-0.39, 0.29) is 9.92 Å². The molecule has 112 valence electrons. The van der Waals surface area contributed by atoms with E-state index in [2.05, 4.69) is 0 Å². The van der Waals surface area contributed by atoms with E-state index in [1.54, 1.807) is 18.2 Å². The lowest BCUT2D eigenvalue weighted by Gasteiger charge is -2.12. The molecule has 4 nitrogen and oxygen atoms in total. The van der Waals surface area contributed by atoms with Gasteiger partial charge in [0.15, 0.2) is 11.5 Å². The first-order valence-corrected chi connectivity index (χ1v) is 8.74. The maximum Gasteiger partial charge on any atom is 0.261 e. The van der Waals surface area contributed by atoms with Crippen molar-refractivity contribution in [3.8, 4) is 17.2 Å². The van der Waals surface area contributed by atoms with Crippen LogP contribution in [0, 0.1) is 0 Å². The van der Waals surface area contributed by atoms with Crippen molar-refractivity contribution < 1.29 is 17.9 Å². The molecular formula is C14H12Cl2O4S. The highest BCUT2D eigenvalue weighted by Gasteiger charge is 2.14. The molecule has 0 radical (unpaired) electrons. The maximum atomic E-state index is 11.2. The minimum Gasteiger partial charge on any atom is -0.490 e. The normalized spacial score (nSPS) is 11.2. The van der Waals surface area contributed by atoms with E-state index in [1.807, 2.05) is 13.0 Å². The number of ether oxygens (including phenoxy) is 2. The Kier molecular flexibility index (Phi) is 4.98. The lowest BCUT2D eigenvalue weighted by molar-refractivity contribution is 0.321. The topological polar surface area (TPSA) is 52.6 Å². The number of para-hydroxylation sites is 2. The Hall–Kier alpha value is -1.43. The highest BCUT2D eigenvalue weighted by atomic mass is 35.7. The summed E-state index contributed by atoms with van der Waals surface area (Å²) in [6, 6.07) is 11.1. The first kappa shape index (κ1) is 15.9. The van der Waals surface area contributed by atoms with Crippen molar-refractivity contribution in [1.29, 1.82) is 0 Å². The molecule has 0 heterocycles. The molecule has 0 aromatic heterocycles. The van der Waals surface area contributed by atoms with Gasteiger partial charge in [-0.15, -0.1) is 0 Å². The minimum absolute atomic E-state index is 0.0837. The van der Waals surface area contributed by atoms with Gasteiger partial charge < -0.3 is 9.47 Å². The van der Waals surface area contributed by atoms with Crippen LogP contribution in [0.4, 0.5) is 0 Å². The van der Waals surface area contributed by atoms with Crippen molar-refractivity contribution >= 4 is 31.3 Å². The standard InChI is InChI=1S/C14H12Cl2O4S/c1-2-19-13-5-3-4-6-14(13)20-12-8-7-10(9-11(12)15)21(16,17)18/h3-9H,2H2,1H3. The van der Waals surface area contributed by atoms with Gasteiger partial charge in [0.1, 0.15) is 5.75 Å². The Labute approximate surface area is 132 Å². The van der Waals surface area contributed by atoms with E-state index in [4.69, 9.17) is 31.8 Å². The Morgan fingerprint density at radius 2 is 1.71 bits per heavy atom. The van der Waals surface area contributed by atoms with Crippen LogP contribution < -0.4 is 9.47 Å². The van der Waals surface area contributed by atoms with E-state index in [0.717, 1.165) is 0 Å². The molecule has 0 spiro atoms. The van der Waals surface area contributed by atoms with Crippen molar-refractivity contribution in [2.75, 3.05) is 6.61 Å². The molecule has 2 aromatic carbocycles. The summed E-state index contributed by atoms with van der Waals surface area (Å²) in [5.74, 6) is 1.38. The van der Waals surface area contributed by atoms with Gasteiger partial charge in [-0.2, -0.15) is 0 Å². The van der Waals surface area contributed by atoms with Crippen molar-refractivity contribution in [3.05, 3.63) is 47.5 Å². The maximum absolute atomic E-state index is 11.2. The predicted octanol–water partition coefficient (Wildman–Crippen LogP) is 4.46. The average Bonchev–Trinajstić information content (AvgIpc) is 2.42. The summed E-state index contributed by atoms with van der Waals surface area (Å²) in [5, 5.41) is 0.142. The largest absolute Gasteiger partial charge is 0.490 e. The van der Waals surface area contributed by atoms with Gasteiger partial charge in [-0.3, -0.25) is 0 Å². The van der Waals surface area contributed by atoms with Gasteiger partial charge in [-0.1, -0.05) is 23.7 Å². The van der Waals surface area contributed by atoms with Crippen LogP contribution >= 0.6 is 22.3 Å². The van der Waals surface area contributed by atoms with Crippen molar-refractivity contribution in [2.45, 2.75) is 11.8 Å². The monoisotopic (exact) mass is 346 g/mol. The molecule has 7 heteroatoms. The van der Waals surface area contributed by atoms with E-state index < -0.39 is 9.05 Å². The van der Waals surface area contributed by atoms with E-state index in [1.165, 1.54) is 18.2 Å². The molecule has 0 amide bonds. The van der Waals surface area contributed by atoms with Crippen LogP contribution in [0.2, 0.25) is 5.02 Å². The zero-order valence-electron chi connectivity index (χ0n) is 11.0. The summed E-state index contributed by atoms with van der Waals surface area (Å²) in [5.41, 5.74) is 0. The molecule has 0 fully saturated rings. The molecule has 0 N–H and O–H groups in total. The van der Waals surface area contributed by atoms with Crippen LogP contribution in [-0.2, 0) is 9.05 Å². The number of hydrogen-bond donors (Lipinski definition) is 0. The Morgan fingerprint density at radius 3 is 2.29 bits per heavy atom. The fraction of sp³-hybridized carbons (Fsp3) is 0.143. The second kappa shape index (κ2) is 6.56. The molecule has 0 aliphatic carbocycles. The highest BCUT2D eigenvalue weighted by Crippen LogP contribution is 2.36. The van der Waals surface area contributed by atoms with Gasteiger partial charge in [-0.25, -0.2) is 8.42 Å². The fourth-order valence-electron chi connectivity index (χ4n) is 1.64. The van der Waals surface area contributed by atoms with Crippen LogP contribution in [-0.4, -0.2) is 15.0 Å². The molecule has 0 aliphatic rings. The van der Waals surface area contributed by atoms with Gasteiger partial charge in [0.2, 0.25) is 0 Å². The van der Waals surface area contributed by atoms with Crippen LogP contribution in [0.25, 0.3) is 0 Å². The van der Waals surface area contributed by atoms with Gasteiger partial charge in [0, 0.05) is 10.7 Å². The lowest BCUT2D eigenvalue weighted by Crippen LogP contribution is -1.96. The van der Waals surface area contributed by atoms with Crippen molar-refractivity contribution in [3.63, 3.8) is 0 Å². The summed E-state index contributed by atoms with van der Waals surface area (Å²) >= 11 is 6.03. The fourth-order valence-corrected chi connectivity index (χ4v) is 2.70. The van der Waals surface area contributed by atoms with Gasteiger partial charge in [-0.05, 0) is 37.3 Å². The number of hydrogen-bond acceptors (Lipinski definition) is 4. The summed E-state index contributed by atoms with van der Waals surface area (Å²) in [4.78, 5) is -0.0837. The molecule has 0 saturated heterocycles. The number of rotatable bonds is 5. The summed E-state index contributed by atoms with van der Waals surface area (Å²) in [6.07, 6.45) is 0. The molecule has 0 atom stereocenters. The van der Waals surface area contributed by atoms with Gasteiger partial charge >= 0.3 is 0 Å². The Bertz CT molecular complexity index is 744. The van der Waals surface area contributed by atoms with E-state index in [9.17, 15) is 8.42 Å². The summed E-state index contributed by atoms with van der Waals surface area (Å²) in [6.45, 7) is 2.36. The van der Waals surface area contributed by atoms with Crippen molar-refractivity contribution in [2.24, 2.45) is 0 Å². The van der Waals surface area contributed by atoms with Crippen molar-refractivity contribution in [1.82, 2.24) is 0 Å². The van der Waals surface area contributed by atoms with E-state index >= 15 is 0 Å². The molecule has 0 aliphatic heterocycles. The molecule has 0 unspecified atom stereocenters. The molecule has 2 aromatic rings. The van der Waals surface area contributed by atoms with Crippen LogP contribution in [0.1, 0.15) is 6.92 Å². The zero-order chi connectivity index (χ0) is 15.5. The third-order valence-electron chi connectivity index (χ3n) is 2.55. The summed E-state index contributed by atoms with van der Waals surface area (Å²) in [7, 11) is 1.44. The first-order valence-electron chi connectivity index (χ1n) is 6.05. The quantitative estimate of drug-likeness (QED) is 0.750. The van der Waals surface area contributed by atoms with Crippen LogP contribution in [0.15, 0.2) is 47.4 Å². The smallest absolute Gasteiger partial charge is 0.261 e. The highest BCUT2D eigenvalue weighted by molar-refractivity contribution is 8.13. The third kappa shape index (κ3) is 4.03. The molecular weight excluding hydrogens is 335 g/mol. The zero-order valence-corrected chi connectivity index (χ0v) is 13.4. The molecule has 0 saturated carbocycles. The van der Waals surface area contributed by atoms with E-state index in [0.29, 0.717) is 23.9 Å². The van der Waals surface area contributed by atoms with Gasteiger partial charge in [0.25, 0.3) is 9.05 Å². The number of benzene rings is 2. The third-order valence-corrected chi connectivity index (χ3v) is 4.20. The second-order valence-corrected chi connectivity index (χ2v) is 6.99. The second-order valence-electron chi connectivity index (χ2n) is 4.01. The molecule has 0 bridgehead atoms. The molecule has 21 heavy (non-hydrogen) atoms. The molecule has 2 rings (SSSR count). The Morgan fingerprint density at radius 1 is 1.05 bits per heavy atom. The first-order chi connectivity index (χ1) is 9.91. The van der Waals surface area contributed by atoms with Gasteiger partial charge in [0.05, 0.1) is 16.5 Å². The SMILES string of the molecule is CCOc1ccccc1Oc1ccc(S(=O)(=O)Cl)cc1Cl. The average molecular weight is 347 g/mol. The Balaban J connectivity index is 2.33. The van der Waals surface area contributed by atoms with Crippen LogP contribution in [0.5, 0.6) is 17.2 Å². The minimum atomic E-state index is -3.82. The predicted molar refractivity (Wildman–Crippen MR) is 82.2 cm³/mol. The summed E-state index contributed by atoms with van der Waals surface area (Å²) < 4.78 is 33.6.